The minimum absolute atomic E-state index is 0.0101. The van der Waals surface area contributed by atoms with Crippen molar-refractivity contribution in [1.29, 1.82) is 0 Å². The minimum Gasteiger partial charge on any atom is -0.335 e. The summed E-state index contributed by atoms with van der Waals surface area (Å²) < 4.78 is 0. The normalized spacial score (nSPS) is 12.1. The number of carbonyl (C=O) groups excluding carboxylic acids is 1. The van der Waals surface area contributed by atoms with Crippen LogP contribution in [0.1, 0.15) is 28.9 Å². The standard InChI is InChI=1S/C17H16N4O3/c1-11(12-5-3-7-14(9-12)21(23)24)20(2)17(22)15-8-4-6-13-10-18-19-16(13)15/h3-11H,1-2H3,(H,18,19)/t11-/m0/s1. The number of non-ortho nitro benzene ring substituents is 1. The van der Waals surface area contributed by atoms with Crippen molar-refractivity contribution in [2.24, 2.45) is 0 Å². The Kier molecular flexibility index (Phi) is 3.99. The summed E-state index contributed by atoms with van der Waals surface area (Å²) in [7, 11) is 1.68. The van der Waals surface area contributed by atoms with Crippen LogP contribution in [0.3, 0.4) is 0 Å². The van der Waals surface area contributed by atoms with Gasteiger partial charge in [0.2, 0.25) is 0 Å². The van der Waals surface area contributed by atoms with E-state index in [0.717, 1.165) is 5.39 Å². The zero-order valence-corrected chi connectivity index (χ0v) is 13.3. The molecule has 1 atom stereocenters. The van der Waals surface area contributed by atoms with Crippen molar-refractivity contribution in [2.75, 3.05) is 7.05 Å². The lowest BCUT2D eigenvalue weighted by Crippen LogP contribution is -2.29. The molecule has 0 aliphatic carbocycles. The number of fused-ring (bicyclic) bond motifs is 1. The van der Waals surface area contributed by atoms with E-state index in [2.05, 4.69) is 10.2 Å². The molecule has 3 aromatic rings. The first-order valence-electron chi connectivity index (χ1n) is 7.42. The third-order valence-corrected chi connectivity index (χ3v) is 4.17. The molecule has 0 aliphatic heterocycles. The highest BCUT2D eigenvalue weighted by Gasteiger charge is 2.22. The number of hydrogen-bond acceptors (Lipinski definition) is 4. The van der Waals surface area contributed by atoms with Crippen LogP contribution in [0.4, 0.5) is 5.69 Å². The molecule has 0 unspecified atom stereocenters. The van der Waals surface area contributed by atoms with Gasteiger partial charge in [-0.05, 0) is 18.6 Å². The molecule has 1 aromatic heterocycles. The number of nitrogens with zero attached hydrogens (tertiary/aromatic N) is 3. The van der Waals surface area contributed by atoms with E-state index in [1.54, 1.807) is 42.4 Å². The molecule has 1 amide bonds. The predicted octanol–water partition coefficient (Wildman–Crippen LogP) is 3.30. The lowest BCUT2D eigenvalue weighted by atomic mass is 10.0. The maximum atomic E-state index is 12.8. The number of aromatic nitrogens is 2. The number of rotatable bonds is 4. The molecule has 3 rings (SSSR count). The van der Waals surface area contributed by atoms with E-state index in [1.165, 1.54) is 12.1 Å². The molecule has 0 radical (unpaired) electrons. The Morgan fingerprint density at radius 3 is 2.79 bits per heavy atom. The molecule has 1 N–H and O–H groups in total. The van der Waals surface area contributed by atoms with E-state index < -0.39 is 4.92 Å². The second-order valence-electron chi connectivity index (χ2n) is 5.58. The van der Waals surface area contributed by atoms with Crippen molar-refractivity contribution in [3.05, 3.63) is 69.9 Å². The number of nitrogens with one attached hydrogen (secondary N) is 1. The summed E-state index contributed by atoms with van der Waals surface area (Å²) in [6.45, 7) is 1.84. The summed E-state index contributed by atoms with van der Waals surface area (Å²) >= 11 is 0. The van der Waals surface area contributed by atoms with E-state index in [1.807, 2.05) is 13.0 Å². The first kappa shape index (κ1) is 15.7. The van der Waals surface area contributed by atoms with Crippen molar-refractivity contribution in [3.63, 3.8) is 0 Å². The number of aromatic amines is 1. The first-order chi connectivity index (χ1) is 11.5. The van der Waals surface area contributed by atoms with Crippen molar-refractivity contribution < 1.29 is 9.72 Å². The quantitative estimate of drug-likeness (QED) is 0.588. The summed E-state index contributed by atoms with van der Waals surface area (Å²) in [6.07, 6.45) is 1.66. The minimum atomic E-state index is -0.441. The lowest BCUT2D eigenvalue weighted by molar-refractivity contribution is -0.384. The number of amides is 1. The van der Waals surface area contributed by atoms with Crippen LogP contribution in [-0.2, 0) is 0 Å². The fourth-order valence-corrected chi connectivity index (χ4v) is 2.63. The van der Waals surface area contributed by atoms with Gasteiger partial charge in [-0.3, -0.25) is 20.0 Å². The largest absolute Gasteiger partial charge is 0.335 e. The molecular weight excluding hydrogens is 308 g/mol. The van der Waals surface area contributed by atoms with Crippen molar-refractivity contribution >= 4 is 22.5 Å². The predicted molar refractivity (Wildman–Crippen MR) is 89.7 cm³/mol. The summed E-state index contributed by atoms with van der Waals surface area (Å²) in [6, 6.07) is 11.4. The highest BCUT2D eigenvalue weighted by Crippen LogP contribution is 2.25. The zero-order chi connectivity index (χ0) is 17.3. The van der Waals surface area contributed by atoms with Crippen LogP contribution in [0.25, 0.3) is 10.9 Å². The lowest BCUT2D eigenvalue weighted by Gasteiger charge is -2.25. The Bertz CT molecular complexity index is 919. The van der Waals surface area contributed by atoms with Gasteiger partial charge in [0.1, 0.15) is 0 Å². The molecular formula is C17H16N4O3. The maximum absolute atomic E-state index is 12.8. The van der Waals surface area contributed by atoms with Crippen molar-refractivity contribution in [1.82, 2.24) is 15.1 Å². The van der Waals surface area contributed by atoms with Gasteiger partial charge in [-0.25, -0.2) is 0 Å². The number of nitro groups is 1. The van der Waals surface area contributed by atoms with Gasteiger partial charge in [0, 0.05) is 24.6 Å². The monoisotopic (exact) mass is 324 g/mol. The Morgan fingerprint density at radius 1 is 1.29 bits per heavy atom. The van der Waals surface area contributed by atoms with Gasteiger partial charge < -0.3 is 4.90 Å². The number of para-hydroxylation sites is 1. The molecule has 122 valence electrons. The van der Waals surface area contributed by atoms with E-state index in [0.29, 0.717) is 16.6 Å². The molecule has 1 heterocycles. The molecule has 0 fully saturated rings. The van der Waals surface area contributed by atoms with Crippen LogP contribution < -0.4 is 0 Å². The number of nitro benzene ring substituents is 1. The molecule has 24 heavy (non-hydrogen) atoms. The number of hydrogen-bond donors (Lipinski definition) is 1. The van der Waals surface area contributed by atoms with Gasteiger partial charge in [0.15, 0.2) is 0 Å². The van der Waals surface area contributed by atoms with Crippen LogP contribution in [0.15, 0.2) is 48.7 Å². The summed E-state index contributed by atoms with van der Waals surface area (Å²) in [5.41, 5.74) is 1.91. The van der Waals surface area contributed by atoms with Gasteiger partial charge in [0.05, 0.1) is 28.2 Å². The fraction of sp³-hybridized carbons (Fsp3) is 0.176. The van der Waals surface area contributed by atoms with Crippen molar-refractivity contribution in [3.8, 4) is 0 Å². The van der Waals surface area contributed by atoms with Crippen molar-refractivity contribution in [2.45, 2.75) is 13.0 Å². The molecule has 0 saturated heterocycles. The van der Waals surface area contributed by atoms with Crippen LogP contribution in [0.5, 0.6) is 0 Å². The topological polar surface area (TPSA) is 92.1 Å². The number of H-pyrrole nitrogens is 1. The SMILES string of the molecule is C[C@@H](c1cccc([N+](=O)[O-])c1)N(C)C(=O)c1cccc2cn[nH]c12. The second kappa shape index (κ2) is 6.11. The first-order valence-corrected chi connectivity index (χ1v) is 7.42. The summed E-state index contributed by atoms with van der Waals surface area (Å²) in [5.74, 6) is -0.177. The van der Waals surface area contributed by atoms with E-state index in [9.17, 15) is 14.9 Å². The molecule has 7 nitrogen and oxygen atoms in total. The van der Waals surface area contributed by atoms with E-state index in [4.69, 9.17) is 0 Å². The number of carbonyl (C=O) groups is 1. The molecule has 0 aliphatic rings. The van der Waals surface area contributed by atoms with Gasteiger partial charge in [-0.2, -0.15) is 5.10 Å². The van der Waals surface area contributed by atoms with Gasteiger partial charge >= 0.3 is 0 Å². The second-order valence-corrected chi connectivity index (χ2v) is 5.58. The Labute approximate surface area is 138 Å². The van der Waals surface area contributed by atoms with Crippen LogP contribution >= 0.6 is 0 Å². The molecule has 0 bridgehead atoms. The Balaban J connectivity index is 1.92. The van der Waals surface area contributed by atoms with E-state index in [-0.39, 0.29) is 17.6 Å². The summed E-state index contributed by atoms with van der Waals surface area (Å²) in [5, 5.41) is 18.6. The molecule has 7 heteroatoms. The Hall–Kier alpha value is -3.22. The van der Waals surface area contributed by atoms with Gasteiger partial charge in [-0.15, -0.1) is 0 Å². The van der Waals surface area contributed by atoms with E-state index >= 15 is 0 Å². The third-order valence-electron chi connectivity index (χ3n) is 4.17. The number of benzene rings is 2. The molecule has 0 spiro atoms. The third kappa shape index (κ3) is 2.71. The maximum Gasteiger partial charge on any atom is 0.269 e. The highest BCUT2D eigenvalue weighted by molar-refractivity contribution is 6.05. The van der Waals surface area contributed by atoms with Crippen LogP contribution in [0.2, 0.25) is 0 Å². The smallest absolute Gasteiger partial charge is 0.269 e. The average molecular weight is 324 g/mol. The highest BCUT2D eigenvalue weighted by atomic mass is 16.6. The van der Waals surface area contributed by atoms with Crippen LogP contribution in [0, 0.1) is 10.1 Å². The van der Waals surface area contributed by atoms with Gasteiger partial charge in [0.25, 0.3) is 11.6 Å². The molecule has 2 aromatic carbocycles. The van der Waals surface area contributed by atoms with Gasteiger partial charge in [-0.1, -0.05) is 24.3 Å². The average Bonchev–Trinajstić information content (AvgIpc) is 3.08. The summed E-state index contributed by atoms with van der Waals surface area (Å²) in [4.78, 5) is 24.9. The fourth-order valence-electron chi connectivity index (χ4n) is 2.63. The molecule has 0 saturated carbocycles. The van der Waals surface area contributed by atoms with Crippen LogP contribution in [-0.4, -0.2) is 33.0 Å². The Morgan fingerprint density at radius 2 is 2.04 bits per heavy atom. The zero-order valence-electron chi connectivity index (χ0n) is 13.3.